The highest BCUT2D eigenvalue weighted by Crippen LogP contribution is 2.34. The Morgan fingerprint density at radius 3 is 2.60 bits per heavy atom. The standard InChI is InChI=1S/C20H19FN6O2S/c1-12(18-24-25-19(29-18)13-7-9-15(28-2)10-8-13)30-20-26-23-17(27(20)22)11-14-5-3-4-6-16(14)21/h3-10,12H,11,22H2,1-2H3/t12-/m0/s1. The van der Waals surface area contributed by atoms with E-state index in [0.717, 1.165) is 11.3 Å². The van der Waals surface area contributed by atoms with E-state index in [0.29, 0.717) is 28.3 Å². The summed E-state index contributed by atoms with van der Waals surface area (Å²) in [7, 11) is 1.61. The van der Waals surface area contributed by atoms with Gasteiger partial charge in [0.2, 0.25) is 16.9 Å². The number of methoxy groups -OCH3 is 1. The number of aromatic nitrogens is 5. The quantitative estimate of drug-likeness (QED) is 0.353. The van der Waals surface area contributed by atoms with Gasteiger partial charge in [-0.3, -0.25) is 0 Å². The molecule has 0 aliphatic rings. The Hall–Kier alpha value is -3.40. The zero-order valence-corrected chi connectivity index (χ0v) is 17.1. The Morgan fingerprint density at radius 1 is 1.10 bits per heavy atom. The molecule has 0 amide bonds. The topological polar surface area (TPSA) is 105 Å². The summed E-state index contributed by atoms with van der Waals surface area (Å²) in [5.41, 5.74) is 1.29. The molecule has 2 aromatic carbocycles. The fourth-order valence-electron chi connectivity index (χ4n) is 2.78. The highest BCUT2D eigenvalue weighted by molar-refractivity contribution is 7.99. The van der Waals surface area contributed by atoms with Crippen molar-refractivity contribution in [3.05, 3.63) is 71.6 Å². The predicted molar refractivity (Wildman–Crippen MR) is 110 cm³/mol. The minimum absolute atomic E-state index is 0.211. The van der Waals surface area contributed by atoms with Gasteiger partial charge in [0.1, 0.15) is 11.6 Å². The maximum atomic E-state index is 13.9. The first-order chi connectivity index (χ1) is 14.5. The first-order valence-electron chi connectivity index (χ1n) is 9.12. The second kappa shape index (κ2) is 8.54. The molecule has 8 nitrogen and oxygen atoms in total. The number of benzene rings is 2. The molecular weight excluding hydrogens is 407 g/mol. The molecule has 0 fully saturated rings. The number of hydrogen-bond acceptors (Lipinski definition) is 8. The molecule has 4 rings (SSSR count). The van der Waals surface area contributed by atoms with Crippen LogP contribution in [0.25, 0.3) is 11.5 Å². The molecular formula is C20H19FN6O2S. The molecule has 0 bridgehead atoms. The molecule has 0 unspecified atom stereocenters. The Balaban J connectivity index is 1.46. The number of nitrogen functional groups attached to an aromatic ring is 1. The van der Waals surface area contributed by atoms with E-state index in [1.807, 2.05) is 31.2 Å². The van der Waals surface area contributed by atoms with Gasteiger partial charge >= 0.3 is 0 Å². The molecule has 30 heavy (non-hydrogen) atoms. The molecule has 10 heteroatoms. The van der Waals surface area contributed by atoms with Crippen LogP contribution in [0.15, 0.2) is 58.1 Å². The summed E-state index contributed by atoms with van der Waals surface area (Å²) >= 11 is 1.33. The van der Waals surface area contributed by atoms with Crippen LogP contribution in [-0.4, -0.2) is 32.2 Å². The van der Waals surface area contributed by atoms with Crippen molar-refractivity contribution in [1.82, 2.24) is 25.1 Å². The maximum Gasteiger partial charge on any atom is 0.247 e. The molecule has 0 aliphatic carbocycles. The molecule has 0 spiro atoms. The Bertz CT molecular complexity index is 1140. The van der Waals surface area contributed by atoms with E-state index in [1.165, 1.54) is 22.5 Å². The van der Waals surface area contributed by atoms with Crippen molar-refractivity contribution in [2.24, 2.45) is 0 Å². The summed E-state index contributed by atoms with van der Waals surface area (Å²) in [5.74, 6) is 7.87. The van der Waals surface area contributed by atoms with Crippen LogP contribution in [-0.2, 0) is 6.42 Å². The lowest BCUT2D eigenvalue weighted by atomic mass is 10.1. The SMILES string of the molecule is COc1ccc(-c2nnc([C@H](C)Sc3nnc(Cc4ccccc4F)n3N)o2)cc1. The van der Waals surface area contributed by atoms with Gasteiger partial charge in [0.25, 0.3) is 0 Å². The molecule has 0 aliphatic heterocycles. The summed E-state index contributed by atoms with van der Waals surface area (Å²) in [5, 5.41) is 16.7. The van der Waals surface area contributed by atoms with E-state index in [1.54, 1.807) is 25.3 Å². The normalized spacial score (nSPS) is 12.1. The van der Waals surface area contributed by atoms with Crippen LogP contribution >= 0.6 is 11.8 Å². The van der Waals surface area contributed by atoms with E-state index in [9.17, 15) is 4.39 Å². The average molecular weight is 426 g/mol. The first kappa shape index (κ1) is 19.9. The number of rotatable bonds is 7. The van der Waals surface area contributed by atoms with Crippen molar-refractivity contribution in [1.29, 1.82) is 0 Å². The van der Waals surface area contributed by atoms with E-state index in [2.05, 4.69) is 20.4 Å². The van der Waals surface area contributed by atoms with Gasteiger partial charge in [-0.2, -0.15) is 0 Å². The second-order valence-corrected chi connectivity index (χ2v) is 7.78. The highest BCUT2D eigenvalue weighted by Gasteiger charge is 2.21. The van der Waals surface area contributed by atoms with Crippen LogP contribution in [0.5, 0.6) is 5.75 Å². The number of nitrogens with zero attached hydrogens (tertiary/aromatic N) is 5. The smallest absolute Gasteiger partial charge is 0.247 e. The van der Waals surface area contributed by atoms with Crippen molar-refractivity contribution in [2.75, 3.05) is 13.0 Å². The number of hydrogen-bond donors (Lipinski definition) is 1. The molecule has 4 aromatic rings. The van der Waals surface area contributed by atoms with Gasteiger partial charge in [0, 0.05) is 12.0 Å². The van der Waals surface area contributed by atoms with Gasteiger partial charge in [0.05, 0.1) is 12.4 Å². The first-order valence-corrected chi connectivity index (χ1v) is 10.0. The zero-order chi connectivity index (χ0) is 21.1. The van der Waals surface area contributed by atoms with Crippen molar-refractivity contribution >= 4 is 11.8 Å². The Labute approximate surface area is 176 Å². The lowest BCUT2D eigenvalue weighted by Crippen LogP contribution is -2.15. The molecule has 0 saturated carbocycles. The van der Waals surface area contributed by atoms with Gasteiger partial charge in [-0.1, -0.05) is 30.0 Å². The predicted octanol–water partition coefficient (Wildman–Crippen LogP) is 3.63. The molecule has 2 heterocycles. The highest BCUT2D eigenvalue weighted by atomic mass is 32.2. The van der Waals surface area contributed by atoms with Crippen LogP contribution in [0.1, 0.15) is 29.5 Å². The molecule has 0 radical (unpaired) electrons. The van der Waals surface area contributed by atoms with Gasteiger partial charge < -0.3 is 15.0 Å². The zero-order valence-electron chi connectivity index (χ0n) is 16.3. The van der Waals surface area contributed by atoms with E-state index >= 15 is 0 Å². The minimum atomic E-state index is -0.306. The monoisotopic (exact) mass is 426 g/mol. The molecule has 2 N–H and O–H groups in total. The van der Waals surface area contributed by atoms with Crippen LogP contribution in [0.3, 0.4) is 0 Å². The maximum absolute atomic E-state index is 13.9. The summed E-state index contributed by atoms with van der Waals surface area (Å²) in [4.78, 5) is 0. The molecule has 1 atom stereocenters. The van der Waals surface area contributed by atoms with Gasteiger partial charge in [-0.05, 0) is 42.8 Å². The van der Waals surface area contributed by atoms with Crippen LogP contribution in [0, 0.1) is 5.82 Å². The fraction of sp³-hybridized carbons (Fsp3) is 0.200. The fourth-order valence-corrected chi connectivity index (χ4v) is 3.60. The molecule has 2 aromatic heterocycles. The third-order valence-corrected chi connectivity index (χ3v) is 5.49. The average Bonchev–Trinajstić information content (AvgIpc) is 3.38. The number of ether oxygens (including phenoxy) is 1. The largest absolute Gasteiger partial charge is 0.497 e. The Morgan fingerprint density at radius 2 is 1.87 bits per heavy atom. The Kier molecular flexibility index (Phi) is 5.66. The van der Waals surface area contributed by atoms with E-state index < -0.39 is 0 Å². The van der Waals surface area contributed by atoms with Crippen molar-refractivity contribution in [3.8, 4) is 17.2 Å². The summed E-state index contributed by atoms with van der Waals surface area (Å²) in [6.45, 7) is 1.90. The number of nitrogens with two attached hydrogens (primary N) is 1. The van der Waals surface area contributed by atoms with Crippen molar-refractivity contribution < 1.29 is 13.5 Å². The molecule has 154 valence electrons. The molecule has 0 saturated heterocycles. The van der Waals surface area contributed by atoms with Gasteiger partial charge in [-0.25, -0.2) is 9.07 Å². The van der Waals surface area contributed by atoms with Crippen LogP contribution in [0.2, 0.25) is 0 Å². The van der Waals surface area contributed by atoms with Crippen LogP contribution < -0.4 is 10.6 Å². The second-order valence-electron chi connectivity index (χ2n) is 6.47. The minimum Gasteiger partial charge on any atom is -0.497 e. The van der Waals surface area contributed by atoms with Crippen LogP contribution in [0.4, 0.5) is 4.39 Å². The number of thioether (sulfide) groups is 1. The number of halogens is 1. The van der Waals surface area contributed by atoms with E-state index in [4.69, 9.17) is 15.0 Å². The van der Waals surface area contributed by atoms with E-state index in [-0.39, 0.29) is 17.5 Å². The third-order valence-electron chi connectivity index (χ3n) is 4.45. The van der Waals surface area contributed by atoms with Gasteiger partial charge in [-0.15, -0.1) is 20.4 Å². The third kappa shape index (κ3) is 4.13. The lowest BCUT2D eigenvalue weighted by molar-refractivity contribution is 0.415. The van der Waals surface area contributed by atoms with Crippen molar-refractivity contribution in [3.63, 3.8) is 0 Å². The van der Waals surface area contributed by atoms with Gasteiger partial charge in [0.15, 0.2) is 5.82 Å². The lowest BCUT2D eigenvalue weighted by Gasteiger charge is -2.07. The summed E-state index contributed by atoms with van der Waals surface area (Å²) in [6.07, 6.45) is 0.243. The van der Waals surface area contributed by atoms with Crippen molar-refractivity contribution in [2.45, 2.75) is 23.8 Å². The summed E-state index contributed by atoms with van der Waals surface area (Å²) < 4.78 is 26.2. The summed E-state index contributed by atoms with van der Waals surface area (Å²) in [6, 6.07) is 13.8.